The fourth-order valence-electron chi connectivity index (χ4n) is 8.13. The number of ether oxygens (including phenoxy) is 4. The normalized spacial score (nSPS) is 15.5. The fourth-order valence-corrected chi connectivity index (χ4v) is 8.26. The van der Waals surface area contributed by atoms with Crippen LogP contribution in [0, 0.1) is 36.5 Å². The molecule has 0 N–H and O–H groups in total. The average Bonchev–Trinajstić information content (AvgIpc) is 3.44. The van der Waals surface area contributed by atoms with Crippen LogP contribution < -0.4 is 23.8 Å². The molecule has 1 aliphatic carbocycles. The summed E-state index contributed by atoms with van der Waals surface area (Å²) in [7, 11) is 3.29. The predicted molar refractivity (Wildman–Crippen MR) is 196 cm³/mol. The van der Waals surface area contributed by atoms with Gasteiger partial charge in [0.2, 0.25) is 0 Å². The first kappa shape index (κ1) is 30.6. The van der Waals surface area contributed by atoms with Crippen molar-refractivity contribution < 1.29 is 18.9 Å². The van der Waals surface area contributed by atoms with Gasteiger partial charge in [0.05, 0.1) is 31.0 Å². The molecule has 51 heavy (non-hydrogen) atoms. The van der Waals surface area contributed by atoms with Gasteiger partial charge < -0.3 is 23.8 Å². The highest BCUT2D eigenvalue weighted by atomic mass is 35.5. The van der Waals surface area contributed by atoms with Crippen LogP contribution in [0.5, 0.6) is 34.5 Å². The van der Waals surface area contributed by atoms with E-state index in [1.54, 1.807) is 14.2 Å². The molecule has 0 amide bonds. The summed E-state index contributed by atoms with van der Waals surface area (Å²) in [4.78, 5) is 2.21. The molecule has 1 atom stereocenters. The van der Waals surface area contributed by atoms with E-state index in [2.05, 4.69) is 71.6 Å². The van der Waals surface area contributed by atoms with Crippen molar-refractivity contribution in [3.05, 3.63) is 147 Å². The average molecular weight is 686 g/mol. The van der Waals surface area contributed by atoms with E-state index in [9.17, 15) is 10.5 Å². The summed E-state index contributed by atoms with van der Waals surface area (Å²) in [6.07, 6.45) is 0. The molecule has 2 aliphatic heterocycles. The van der Waals surface area contributed by atoms with Crippen molar-refractivity contribution in [1.29, 1.82) is 10.5 Å². The van der Waals surface area contributed by atoms with Gasteiger partial charge in [0.1, 0.15) is 23.3 Å². The third kappa shape index (κ3) is 3.98. The Morgan fingerprint density at radius 1 is 0.627 bits per heavy atom. The van der Waals surface area contributed by atoms with Crippen LogP contribution in [0.1, 0.15) is 44.5 Å². The van der Waals surface area contributed by atoms with Crippen molar-refractivity contribution in [2.24, 2.45) is 0 Å². The van der Waals surface area contributed by atoms with Gasteiger partial charge in [-0.05, 0) is 107 Å². The van der Waals surface area contributed by atoms with Crippen molar-refractivity contribution in [2.45, 2.75) is 19.3 Å². The van der Waals surface area contributed by atoms with Crippen LogP contribution >= 0.6 is 11.6 Å². The molecule has 1 unspecified atom stereocenters. The minimum atomic E-state index is -0.835. The summed E-state index contributed by atoms with van der Waals surface area (Å²) in [5, 5.41) is 21.1. The van der Waals surface area contributed by atoms with Gasteiger partial charge in [0, 0.05) is 16.8 Å². The molecule has 1 spiro atoms. The van der Waals surface area contributed by atoms with Gasteiger partial charge in [-0.2, -0.15) is 10.5 Å². The molecule has 8 heteroatoms. The number of methoxy groups -OCH3 is 2. The van der Waals surface area contributed by atoms with Gasteiger partial charge in [-0.25, -0.2) is 0 Å². The first-order valence-corrected chi connectivity index (χ1v) is 16.8. The largest absolute Gasteiger partial charge is 0.493 e. The molecule has 2 heterocycles. The van der Waals surface area contributed by atoms with Crippen molar-refractivity contribution in [3.8, 4) is 57.8 Å². The number of anilines is 3. The maximum Gasteiger partial charge on any atom is 0.189 e. The molecule has 0 radical (unpaired) electrons. The van der Waals surface area contributed by atoms with Gasteiger partial charge in [-0.3, -0.25) is 0 Å². The van der Waals surface area contributed by atoms with E-state index in [-0.39, 0.29) is 11.5 Å². The molecular weight excluding hydrogens is 658 g/mol. The SMILES string of the molecule is COc1cc2c(cc1OC)C1(c3ccccc3-2)c2ccccc2N(c2ccc(Cl)cc2)c2cc3c(cc21)Oc1c(C#N)c(C)c(C)c(C#N)c1O3. The highest BCUT2D eigenvalue weighted by Gasteiger charge is 2.53. The first-order chi connectivity index (χ1) is 24.8. The van der Waals surface area contributed by atoms with Crippen LogP contribution in [-0.4, -0.2) is 14.2 Å². The number of halogens is 1. The van der Waals surface area contributed by atoms with Gasteiger partial charge >= 0.3 is 0 Å². The van der Waals surface area contributed by atoms with E-state index in [0.717, 1.165) is 50.4 Å². The Hall–Kier alpha value is -6.41. The number of para-hydroxylation sites is 1. The quantitative estimate of drug-likeness (QED) is 0.183. The monoisotopic (exact) mass is 685 g/mol. The molecule has 9 rings (SSSR count). The Balaban J connectivity index is 1.42. The van der Waals surface area contributed by atoms with Crippen LogP contribution in [-0.2, 0) is 5.41 Å². The van der Waals surface area contributed by atoms with E-state index in [0.29, 0.717) is 50.3 Å². The maximum absolute atomic E-state index is 10.3. The Morgan fingerprint density at radius 3 is 1.86 bits per heavy atom. The highest BCUT2D eigenvalue weighted by molar-refractivity contribution is 6.30. The Bertz CT molecular complexity index is 2580. The lowest BCUT2D eigenvalue weighted by Gasteiger charge is -2.45. The lowest BCUT2D eigenvalue weighted by molar-refractivity contribution is 0.354. The van der Waals surface area contributed by atoms with Crippen molar-refractivity contribution in [2.75, 3.05) is 19.1 Å². The molecule has 0 bridgehead atoms. The first-order valence-electron chi connectivity index (χ1n) is 16.4. The molecule has 0 aromatic heterocycles. The maximum atomic E-state index is 10.3. The molecule has 0 fully saturated rings. The molecule has 7 nitrogen and oxygen atoms in total. The minimum Gasteiger partial charge on any atom is -0.493 e. The zero-order valence-electron chi connectivity index (χ0n) is 28.1. The minimum absolute atomic E-state index is 0.238. The molecule has 0 saturated carbocycles. The third-order valence-electron chi connectivity index (χ3n) is 10.5. The Kier molecular flexibility index (Phi) is 6.64. The lowest BCUT2D eigenvalue weighted by Crippen LogP contribution is -2.36. The van der Waals surface area contributed by atoms with E-state index < -0.39 is 5.41 Å². The summed E-state index contributed by atoms with van der Waals surface area (Å²) in [5.41, 5.74) is 10.1. The second-order valence-corrected chi connectivity index (χ2v) is 13.2. The summed E-state index contributed by atoms with van der Waals surface area (Å²) in [6.45, 7) is 3.65. The van der Waals surface area contributed by atoms with Crippen LogP contribution in [0.2, 0.25) is 5.02 Å². The molecule has 3 aliphatic rings. The van der Waals surface area contributed by atoms with E-state index in [4.69, 9.17) is 30.5 Å². The summed E-state index contributed by atoms with van der Waals surface area (Å²) < 4.78 is 25.0. The lowest BCUT2D eigenvalue weighted by atomic mass is 9.64. The van der Waals surface area contributed by atoms with Crippen LogP contribution in [0.25, 0.3) is 11.1 Å². The predicted octanol–water partition coefficient (Wildman–Crippen LogP) is 10.8. The van der Waals surface area contributed by atoms with E-state index >= 15 is 0 Å². The number of rotatable bonds is 3. The molecule has 246 valence electrons. The fraction of sp³-hybridized carbons (Fsp3) is 0.116. The number of benzene rings is 6. The van der Waals surface area contributed by atoms with E-state index in [1.807, 2.05) is 56.3 Å². The summed E-state index contributed by atoms with van der Waals surface area (Å²) in [5.74, 6) is 2.59. The Labute approximate surface area is 300 Å². The zero-order chi connectivity index (χ0) is 35.2. The summed E-state index contributed by atoms with van der Waals surface area (Å²) >= 11 is 6.41. The van der Waals surface area contributed by atoms with Crippen LogP contribution in [0.4, 0.5) is 17.1 Å². The number of hydrogen-bond acceptors (Lipinski definition) is 7. The molecule has 0 saturated heterocycles. The molecular formula is C43H28ClN3O4. The second kappa shape index (κ2) is 11.1. The van der Waals surface area contributed by atoms with Gasteiger partial charge in [-0.15, -0.1) is 0 Å². The van der Waals surface area contributed by atoms with Crippen LogP contribution in [0.3, 0.4) is 0 Å². The number of nitrogens with zero attached hydrogens (tertiary/aromatic N) is 3. The third-order valence-corrected chi connectivity index (χ3v) is 10.8. The standard InChI is InChI=1S/C43H28ClN3O4/c1-23-24(2)30(22-46)42-41(29(23)21-45)50-39-19-34-36(20-40(39)51-42)47(26-15-13-25(44)14-16-26)35-12-8-7-11-32(35)43(34)31-10-6-5-9-27(31)28-17-37(48-3)38(49-4)18-33(28)43/h5-20H,1-4H3. The van der Waals surface area contributed by atoms with Gasteiger partial charge in [0.25, 0.3) is 0 Å². The van der Waals surface area contributed by atoms with E-state index in [1.165, 1.54) is 0 Å². The molecule has 6 aromatic rings. The topological polar surface area (TPSA) is 87.7 Å². The molecule has 6 aromatic carbocycles. The number of hydrogen-bond donors (Lipinski definition) is 0. The van der Waals surface area contributed by atoms with Gasteiger partial charge in [-0.1, -0.05) is 54.1 Å². The van der Waals surface area contributed by atoms with Gasteiger partial charge in [0.15, 0.2) is 34.5 Å². The Morgan fingerprint density at radius 2 is 1.22 bits per heavy atom. The second-order valence-electron chi connectivity index (χ2n) is 12.8. The number of nitriles is 2. The van der Waals surface area contributed by atoms with Crippen molar-refractivity contribution in [1.82, 2.24) is 0 Å². The zero-order valence-corrected chi connectivity index (χ0v) is 28.8. The summed E-state index contributed by atoms with van der Waals surface area (Å²) in [6, 6.07) is 37.3. The smallest absolute Gasteiger partial charge is 0.189 e. The van der Waals surface area contributed by atoms with Crippen molar-refractivity contribution in [3.63, 3.8) is 0 Å². The number of fused-ring (bicyclic) bond motifs is 11. The highest BCUT2D eigenvalue weighted by Crippen LogP contribution is 2.66. The van der Waals surface area contributed by atoms with Crippen molar-refractivity contribution >= 4 is 28.7 Å². The van der Waals surface area contributed by atoms with Crippen LogP contribution in [0.15, 0.2) is 97.1 Å².